The second kappa shape index (κ2) is 9.22. The molecule has 1 aromatic heterocycles. The molecule has 0 bridgehead atoms. The maximum atomic E-state index is 12.8. The molecule has 3 aromatic carbocycles. The van der Waals surface area contributed by atoms with Gasteiger partial charge >= 0.3 is 0 Å². The molecule has 1 amide bonds. The average molecular weight is 429 g/mol. The van der Waals surface area contributed by atoms with Gasteiger partial charge in [-0.3, -0.25) is 4.79 Å². The van der Waals surface area contributed by atoms with Crippen LogP contribution in [0.1, 0.15) is 39.2 Å². The van der Waals surface area contributed by atoms with E-state index in [0.29, 0.717) is 17.0 Å². The Morgan fingerprint density at radius 1 is 0.969 bits per heavy atom. The summed E-state index contributed by atoms with van der Waals surface area (Å²) < 4.78 is 5.88. The van der Waals surface area contributed by atoms with Crippen LogP contribution in [0.5, 0.6) is 5.75 Å². The lowest BCUT2D eigenvalue weighted by molar-refractivity contribution is -0.128. The van der Waals surface area contributed by atoms with E-state index in [1.54, 1.807) is 18.6 Å². The number of aromatic nitrogens is 3. The summed E-state index contributed by atoms with van der Waals surface area (Å²) in [7, 11) is 0. The van der Waals surface area contributed by atoms with Crippen molar-refractivity contribution in [3.63, 3.8) is 0 Å². The smallest absolute Gasteiger partial charge is 0.267 e. The molecule has 0 saturated carbocycles. The van der Waals surface area contributed by atoms with Crippen molar-refractivity contribution in [3.05, 3.63) is 78.4 Å². The van der Waals surface area contributed by atoms with Crippen molar-refractivity contribution in [2.45, 2.75) is 45.6 Å². The van der Waals surface area contributed by atoms with Crippen LogP contribution < -0.4 is 10.1 Å². The molecule has 0 aliphatic rings. The molecule has 0 spiro atoms. The molecule has 0 fully saturated rings. The SMILES string of the molecule is CCCCc1ccc(-n2nc3ccc(NC(=O)C(C)(C)Oc4ccccc4)cc3n2)cc1. The van der Waals surface area contributed by atoms with E-state index in [1.807, 2.05) is 60.7 Å². The molecule has 164 valence electrons. The summed E-state index contributed by atoms with van der Waals surface area (Å²) in [5, 5.41) is 12.1. The molecular weight excluding hydrogens is 400 g/mol. The monoisotopic (exact) mass is 428 g/mol. The highest BCUT2D eigenvalue weighted by atomic mass is 16.5. The zero-order chi connectivity index (χ0) is 22.6. The van der Waals surface area contributed by atoms with E-state index in [9.17, 15) is 4.79 Å². The first-order valence-corrected chi connectivity index (χ1v) is 11.0. The summed E-state index contributed by atoms with van der Waals surface area (Å²) in [6.45, 7) is 5.68. The molecule has 1 heterocycles. The third-order valence-electron chi connectivity index (χ3n) is 5.29. The topological polar surface area (TPSA) is 69.0 Å². The number of ether oxygens (including phenoxy) is 1. The Labute approximate surface area is 188 Å². The number of carbonyl (C=O) groups excluding carboxylic acids is 1. The molecule has 32 heavy (non-hydrogen) atoms. The van der Waals surface area contributed by atoms with Gasteiger partial charge in [0, 0.05) is 5.69 Å². The molecule has 6 nitrogen and oxygen atoms in total. The number of para-hydroxylation sites is 1. The van der Waals surface area contributed by atoms with E-state index in [2.05, 4.69) is 34.6 Å². The minimum atomic E-state index is -1.03. The van der Waals surface area contributed by atoms with Crippen LogP contribution in [0.2, 0.25) is 0 Å². The van der Waals surface area contributed by atoms with Gasteiger partial charge in [0.05, 0.1) is 5.69 Å². The number of anilines is 1. The van der Waals surface area contributed by atoms with E-state index in [0.717, 1.165) is 17.6 Å². The highest BCUT2D eigenvalue weighted by Crippen LogP contribution is 2.22. The number of carbonyl (C=O) groups is 1. The first-order chi connectivity index (χ1) is 15.4. The van der Waals surface area contributed by atoms with E-state index in [4.69, 9.17) is 4.74 Å². The molecule has 0 saturated heterocycles. The second-order valence-corrected chi connectivity index (χ2v) is 8.34. The third-order valence-corrected chi connectivity index (χ3v) is 5.29. The Morgan fingerprint density at radius 2 is 1.69 bits per heavy atom. The summed E-state index contributed by atoms with van der Waals surface area (Å²) in [6.07, 6.45) is 3.45. The van der Waals surface area contributed by atoms with Gasteiger partial charge in [-0.25, -0.2) is 0 Å². The lowest BCUT2D eigenvalue weighted by Gasteiger charge is -2.25. The van der Waals surface area contributed by atoms with Crippen LogP contribution in [0.4, 0.5) is 5.69 Å². The van der Waals surface area contributed by atoms with Crippen LogP contribution >= 0.6 is 0 Å². The molecule has 0 unspecified atom stereocenters. The minimum absolute atomic E-state index is 0.240. The van der Waals surface area contributed by atoms with Gasteiger partial charge in [-0.05, 0) is 74.7 Å². The third kappa shape index (κ3) is 4.97. The highest BCUT2D eigenvalue weighted by Gasteiger charge is 2.30. The molecule has 0 atom stereocenters. The van der Waals surface area contributed by atoms with Gasteiger partial charge in [0.2, 0.25) is 0 Å². The van der Waals surface area contributed by atoms with Crippen molar-refractivity contribution < 1.29 is 9.53 Å². The van der Waals surface area contributed by atoms with Crippen molar-refractivity contribution in [1.82, 2.24) is 15.0 Å². The normalized spacial score (nSPS) is 11.5. The van der Waals surface area contributed by atoms with Crippen LogP contribution in [0.3, 0.4) is 0 Å². The van der Waals surface area contributed by atoms with E-state index < -0.39 is 5.60 Å². The number of benzene rings is 3. The van der Waals surface area contributed by atoms with Gasteiger partial charge < -0.3 is 10.1 Å². The maximum Gasteiger partial charge on any atom is 0.267 e. The minimum Gasteiger partial charge on any atom is -0.478 e. The number of aryl methyl sites for hydroxylation is 1. The Kier molecular flexibility index (Phi) is 6.21. The van der Waals surface area contributed by atoms with Crippen molar-refractivity contribution in [2.24, 2.45) is 0 Å². The van der Waals surface area contributed by atoms with Gasteiger partial charge in [0.15, 0.2) is 5.60 Å². The first-order valence-electron chi connectivity index (χ1n) is 11.0. The van der Waals surface area contributed by atoms with Crippen molar-refractivity contribution in [3.8, 4) is 11.4 Å². The Hall–Kier alpha value is -3.67. The second-order valence-electron chi connectivity index (χ2n) is 8.34. The molecule has 0 aliphatic carbocycles. The van der Waals surface area contributed by atoms with E-state index in [-0.39, 0.29) is 5.91 Å². The zero-order valence-corrected chi connectivity index (χ0v) is 18.7. The van der Waals surface area contributed by atoms with Crippen LogP contribution in [0.25, 0.3) is 16.7 Å². The molecule has 6 heteroatoms. The average Bonchev–Trinajstić information content (AvgIpc) is 3.22. The number of rotatable bonds is 8. The first kappa shape index (κ1) is 21.6. The summed E-state index contributed by atoms with van der Waals surface area (Å²) in [4.78, 5) is 14.5. The fourth-order valence-electron chi connectivity index (χ4n) is 3.40. The van der Waals surface area contributed by atoms with Crippen molar-refractivity contribution >= 4 is 22.6 Å². The summed E-state index contributed by atoms with van der Waals surface area (Å²) in [6, 6.07) is 23.1. The Balaban J connectivity index is 1.48. The molecule has 4 aromatic rings. The van der Waals surface area contributed by atoms with E-state index in [1.165, 1.54) is 18.4 Å². The maximum absolute atomic E-state index is 12.8. The number of nitrogens with one attached hydrogen (secondary N) is 1. The van der Waals surface area contributed by atoms with Gasteiger partial charge in [-0.1, -0.05) is 43.7 Å². The van der Waals surface area contributed by atoms with Crippen molar-refractivity contribution in [1.29, 1.82) is 0 Å². The predicted molar refractivity (Wildman–Crippen MR) is 127 cm³/mol. The lowest BCUT2D eigenvalue weighted by atomic mass is 10.1. The number of amides is 1. The van der Waals surface area contributed by atoms with Crippen LogP contribution in [-0.4, -0.2) is 26.5 Å². The number of unbranched alkanes of at least 4 members (excludes halogenated alkanes) is 1. The number of nitrogens with zero attached hydrogens (tertiary/aromatic N) is 3. The zero-order valence-electron chi connectivity index (χ0n) is 18.7. The lowest BCUT2D eigenvalue weighted by Crippen LogP contribution is -2.42. The molecule has 0 aliphatic heterocycles. The molecular formula is C26H28N4O2. The fraction of sp³-hybridized carbons (Fsp3) is 0.269. The quantitative estimate of drug-likeness (QED) is 0.399. The summed E-state index contributed by atoms with van der Waals surface area (Å²) in [5.74, 6) is 0.405. The molecule has 1 N–H and O–H groups in total. The van der Waals surface area contributed by atoms with Crippen LogP contribution in [0.15, 0.2) is 72.8 Å². The number of hydrogen-bond acceptors (Lipinski definition) is 4. The molecule has 0 radical (unpaired) electrons. The number of fused-ring (bicyclic) bond motifs is 1. The predicted octanol–water partition coefficient (Wildman–Crippen LogP) is 5.56. The highest BCUT2D eigenvalue weighted by molar-refractivity contribution is 5.98. The standard InChI is InChI=1S/C26H28N4O2/c1-4-5-9-19-12-15-21(16-13-19)30-28-23-17-14-20(18-24(23)29-30)27-25(31)26(2,3)32-22-10-7-6-8-11-22/h6-8,10-18H,4-5,9H2,1-3H3,(H,27,31). The van der Waals surface area contributed by atoms with Crippen molar-refractivity contribution in [2.75, 3.05) is 5.32 Å². The Morgan fingerprint density at radius 3 is 2.41 bits per heavy atom. The fourth-order valence-corrected chi connectivity index (χ4v) is 3.40. The summed E-state index contributed by atoms with van der Waals surface area (Å²) in [5.41, 5.74) is 3.31. The van der Waals surface area contributed by atoms with Gasteiger partial charge in [-0.2, -0.15) is 4.80 Å². The number of hydrogen-bond donors (Lipinski definition) is 1. The summed E-state index contributed by atoms with van der Waals surface area (Å²) >= 11 is 0. The molecule has 4 rings (SSSR count). The van der Waals surface area contributed by atoms with Crippen LogP contribution in [-0.2, 0) is 11.2 Å². The van der Waals surface area contributed by atoms with E-state index >= 15 is 0 Å². The van der Waals surface area contributed by atoms with Gasteiger partial charge in [-0.15, -0.1) is 10.2 Å². The van der Waals surface area contributed by atoms with Crippen LogP contribution in [0, 0.1) is 0 Å². The largest absolute Gasteiger partial charge is 0.478 e. The van der Waals surface area contributed by atoms with Gasteiger partial charge in [0.25, 0.3) is 5.91 Å². The van der Waals surface area contributed by atoms with Gasteiger partial charge in [0.1, 0.15) is 16.8 Å². The Bertz CT molecular complexity index is 1200.